The van der Waals surface area contributed by atoms with Crippen LogP contribution in [0.25, 0.3) is 0 Å². The van der Waals surface area contributed by atoms with Crippen LogP contribution in [0.2, 0.25) is 5.02 Å². The number of halogens is 1. The molecule has 1 aliphatic heterocycles. The smallest absolute Gasteiger partial charge is 0.311 e. The largest absolute Gasteiger partial charge is 0.427 e. The quantitative estimate of drug-likeness (QED) is 0.250. The van der Waals surface area contributed by atoms with Crippen LogP contribution in [0.5, 0.6) is 5.75 Å². The predicted molar refractivity (Wildman–Crippen MR) is 119 cm³/mol. The van der Waals surface area contributed by atoms with Crippen LogP contribution in [0, 0.1) is 17.0 Å². The number of aryl methyl sites for hydroxylation is 1. The van der Waals surface area contributed by atoms with Gasteiger partial charge in [0.2, 0.25) is 15.9 Å². The number of esters is 1. The highest BCUT2D eigenvalue weighted by Gasteiger charge is 2.32. The number of carbonyl (C=O) groups is 2. The van der Waals surface area contributed by atoms with E-state index in [4.69, 9.17) is 16.3 Å². The summed E-state index contributed by atoms with van der Waals surface area (Å²) in [4.78, 5) is 36.2. The number of hydrogen-bond donors (Lipinski definition) is 0. The van der Waals surface area contributed by atoms with E-state index in [2.05, 4.69) is 0 Å². The normalized spacial score (nSPS) is 14.7. The van der Waals surface area contributed by atoms with Crippen molar-refractivity contribution >= 4 is 39.2 Å². The van der Waals surface area contributed by atoms with Gasteiger partial charge in [0.05, 0.1) is 16.2 Å². The van der Waals surface area contributed by atoms with Gasteiger partial charge in [-0.25, -0.2) is 8.42 Å². The van der Waals surface area contributed by atoms with Crippen LogP contribution in [0.4, 0.5) is 5.69 Å². The molecule has 2 aromatic carbocycles. The lowest BCUT2D eigenvalue weighted by Gasteiger charge is -2.34. The lowest BCUT2D eigenvalue weighted by Crippen LogP contribution is -2.50. The number of benzene rings is 2. The number of nitro groups is 1. The molecule has 0 saturated carbocycles. The van der Waals surface area contributed by atoms with Gasteiger partial charge in [-0.15, -0.1) is 0 Å². The SMILES string of the molecule is Cc1ccc([N+](=O)[O-])cc1S(=O)(=O)N1CCN(C(=O)CCC(=O)Oc2ccc(Cl)cc2)CC1. The van der Waals surface area contributed by atoms with Crippen molar-refractivity contribution in [2.45, 2.75) is 24.7 Å². The lowest BCUT2D eigenvalue weighted by atomic mass is 10.2. The minimum Gasteiger partial charge on any atom is -0.427 e. The van der Waals surface area contributed by atoms with Crippen LogP contribution in [0.15, 0.2) is 47.4 Å². The van der Waals surface area contributed by atoms with E-state index in [-0.39, 0.29) is 55.5 Å². The first kappa shape index (κ1) is 24.6. The summed E-state index contributed by atoms with van der Waals surface area (Å²) in [5.41, 5.74) is 0.0942. The van der Waals surface area contributed by atoms with Crippen molar-refractivity contribution in [1.29, 1.82) is 0 Å². The van der Waals surface area contributed by atoms with E-state index < -0.39 is 20.9 Å². The highest BCUT2D eigenvalue weighted by molar-refractivity contribution is 7.89. The van der Waals surface area contributed by atoms with Gasteiger partial charge in [-0.2, -0.15) is 4.31 Å². The summed E-state index contributed by atoms with van der Waals surface area (Å²) in [5, 5.41) is 11.5. The second-order valence-electron chi connectivity index (χ2n) is 7.42. The zero-order valence-electron chi connectivity index (χ0n) is 17.8. The van der Waals surface area contributed by atoms with Gasteiger partial charge < -0.3 is 9.64 Å². The molecule has 0 aliphatic carbocycles. The summed E-state index contributed by atoms with van der Waals surface area (Å²) < 4.78 is 32.4. The van der Waals surface area contributed by atoms with Gasteiger partial charge in [-0.05, 0) is 36.8 Å². The molecule has 0 N–H and O–H groups in total. The summed E-state index contributed by atoms with van der Waals surface area (Å²) in [7, 11) is -3.95. The maximum Gasteiger partial charge on any atom is 0.311 e. The zero-order chi connectivity index (χ0) is 24.2. The second kappa shape index (κ2) is 10.3. The first-order chi connectivity index (χ1) is 15.6. The monoisotopic (exact) mass is 495 g/mol. The second-order valence-corrected chi connectivity index (χ2v) is 9.76. The first-order valence-corrected chi connectivity index (χ1v) is 11.9. The summed E-state index contributed by atoms with van der Waals surface area (Å²) in [6, 6.07) is 9.96. The molecule has 1 amide bonds. The van der Waals surface area contributed by atoms with Gasteiger partial charge in [-0.1, -0.05) is 17.7 Å². The zero-order valence-corrected chi connectivity index (χ0v) is 19.3. The molecule has 10 nitrogen and oxygen atoms in total. The molecule has 1 saturated heterocycles. The van der Waals surface area contributed by atoms with Crippen molar-refractivity contribution in [2.24, 2.45) is 0 Å². The molecule has 0 bridgehead atoms. The summed E-state index contributed by atoms with van der Waals surface area (Å²) in [6.07, 6.45) is -0.185. The highest BCUT2D eigenvalue weighted by Crippen LogP contribution is 2.25. The minimum absolute atomic E-state index is 0.0470. The number of amides is 1. The molecule has 3 rings (SSSR count). The fraction of sp³-hybridized carbons (Fsp3) is 0.333. The van der Waals surface area contributed by atoms with Crippen LogP contribution < -0.4 is 4.74 Å². The molecule has 33 heavy (non-hydrogen) atoms. The van der Waals surface area contributed by atoms with Crippen LogP contribution in [-0.4, -0.2) is 60.6 Å². The fourth-order valence-corrected chi connectivity index (χ4v) is 5.14. The molecule has 2 aromatic rings. The Morgan fingerprint density at radius 1 is 1.06 bits per heavy atom. The third-order valence-electron chi connectivity index (χ3n) is 5.18. The van der Waals surface area contributed by atoms with Crippen molar-refractivity contribution in [3.8, 4) is 5.75 Å². The summed E-state index contributed by atoms with van der Waals surface area (Å²) in [5.74, 6) is -0.522. The predicted octanol–water partition coefficient (Wildman–Crippen LogP) is 2.78. The van der Waals surface area contributed by atoms with Gasteiger partial charge in [0, 0.05) is 49.8 Å². The van der Waals surface area contributed by atoms with Crippen molar-refractivity contribution in [1.82, 2.24) is 9.21 Å². The Kier molecular flexibility index (Phi) is 7.67. The standard InChI is InChI=1S/C21H22ClN3O7S/c1-15-2-5-17(25(28)29)14-19(15)33(30,31)24-12-10-23(11-13-24)20(26)8-9-21(27)32-18-6-3-16(22)4-7-18/h2-7,14H,8-13H2,1H3. The highest BCUT2D eigenvalue weighted by atomic mass is 35.5. The third-order valence-corrected chi connectivity index (χ3v) is 7.47. The first-order valence-electron chi connectivity index (χ1n) is 10.1. The Morgan fingerprint density at radius 3 is 2.30 bits per heavy atom. The van der Waals surface area contributed by atoms with E-state index in [1.807, 2.05) is 0 Å². The number of piperazine rings is 1. The number of sulfonamides is 1. The van der Waals surface area contributed by atoms with Crippen molar-refractivity contribution < 1.29 is 27.7 Å². The maximum absolute atomic E-state index is 13.0. The molecular formula is C21H22ClN3O7S. The molecule has 1 aliphatic rings. The molecule has 0 unspecified atom stereocenters. The van der Waals surface area contributed by atoms with E-state index in [0.29, 0.717) is 16.3 Å². The summed E-state index contributed by atoms with van der Waals surface area (Å²) in [6.45, 7) is 1.97. The van der Waals surface area contributed by atoms with Crippen LogP contribution in [0.3, 0.4) is 0 Å². The average Bonchev–Trinajstić information content (AvgIpc) is 2.79. The number of nitro benzene ring substituents is 1. The Labute approximate surface area is 195 Å². The number of non-ortho nitro benzene ring substituents is 1. The summed E-state index contributed by atoms with van der Waals surface area (Å²) >= 11 is 5.78. The molecule has 1 fully saturated rings. The van der Waals surface area contributed by atoms with Gasteiger partial charge in [0.15, 0.2) is 0 Å². The lowest BCUT2D eigenvalue weighted by molar-refractivity contribution is -0.385. The van der Waals surface area contributed by atoms with E-state index in [9.17, 15) is 28.1 Å². The van der Waals surface area contributed by atoms with Crippen LogP contribution in [0.1, 0.15) is 18.4 Å². The number of nitrogens with zero attached hydrogens (tertiary/aromatic N) is 3. The fourth-order valence-electron chi connectivity index (χ4n) is 3.35. The van der Waals surface area contributed by atoms with Crippen LogP contribution in [-0.2, 0) is 19.6 Å². The van der Waals surface area contributed by atoms with Gasteiger partial charge in [0.1, 0.15) is 5.75 Å². The van der Waals surface area contributed by atoms with Crippen molar-refractivity contribution in [3.63, 3.8) is 0 Å². The Hall–Kier alpha value is -3.02. The van der Waals surface area contributed by atoms with E-state index in [1.54, 1.807) is 31.2 Å². The Morgan fingerprint density at radius 2 is 1.70 bits per heavy atom. The van der Waals surface area contributed by atoms with Gasteiger partial charge in [-0.3, -0.25) is 19.7 Å². The number of carbonyl (C=O) groups excluding carboxylic acids is 2. The van der Waals surface area contributed by atoms with Crippen molar-refractivity contribution in [3.05, 3.63) is 63.2 Å². The molecule has 1 heterocycles. The molecular weight excluding hydrogens is 474 g/mol. The minimum atomic E-state index is -3.95. The third kappa shape index (κ3) is 6.06. The average molecular weight is 496 g/mol. The number of ether oxygens (including phenoxy) is 1. The van der Waals surface area contributed by atoms with Gasteiger partial charge >= 0.3 is 5.97 Å². The molecule has 0 aromatic heterocycles. The van der Waals surface area contributed by atoms with Crippen molar-refractivity contribution in [2.75, 3.05) is 26.2 Å². The van der Waals surface area contributed by atoms with Gasteiger partial charge in [0.25, 0.3) is 5.69 Å². The number of hydrogen-bond acceptors (Lipinski definition) is 7. The van der Waals surface area contributed by atoms with E-state index in [0.717, 1.165) is 6.07 Å². The molecule has 0 atom stereocenters. The molecule has 176 valence electrons. The molecule has 12 heteroatoms. The number of rotatable bonds is 7. The topological polar surface area (TPSA) is 127 Å². The molecule has 0 radical (unpaired) electrons. The molecule has 0 spiro atoms. The van der Waals surface area contributed by atoms with E-state index >= 15 is 0 Å². The van der Waals surface area contributed by atoms with E-state index in [1.165, 1.54) is 21.3 Å². The maximum atomic E-state index is 13.0. The Bertz CT molecular complexity index is 1160. The Balaban J connectivity index is 1.54. The van der Waals surface area contributed by atoms with Crippen LogP contribution >= 0.6 is 11.6 Å².